The largest absolute Gasteiger partial charge is 0.388 e. The Bertz CT molecular complexity index is 1080. The normalized spacial score (nSPS) is 38.9. The first-order valence-corrected chi connectivity index (χ1v) is 17.2. The molecule has 2 saturated heterocycles. The number of hydrogen-bond donors (Lipinski definition) is 7. The van der Waals surface area contributed by atoms with E-state index in [1.165, 1.54) is 16.7 Å². The summed E-state index contributed by atoms with van der Waals surface area (Å²) >= 11 is 0. The van der Waals surface area contributed by atoms with Crippen molar-refractivity contribution in [2.75, 3.05) is 27.2 Å². The topological polar surface area (TPSA) is 186 Å². The molecule has 1 saturated carbocycles. The van der Waals surface area contributed by atoms with Gasteiger partial charge in [-0.1, -0.05) is 28.9 Å². The van der Waals surface area contributed by atoms with E-state index in [9.17, 15) is 15.3 Å². The second kappa shape index (κ2) is 19.0. The van der Waals surface area contributed by atoms with E-state index in [-0.39, 0.29) is 24.8 Å². The van der Waals surface area contributed by atoms with Crippen LogP contribution in [-0.4, -0.2) is 122 Å². The zero-order valence-electron chi connectivity index (χ0n) is 29.6. The van der Waals surface area contributed by atoms with Crippen molar-refractivity contribution >= 4 is 6.21 Å². The predicted octanol–water partition coefficient (Wildman–Crippen LogP) is 1.82. The monoisotopic (exact) mass is 665 g/mol. The standard InChI is InChI=1S/C35H63N5O7/c1-21(2)10-8-11-22(3)12-9-13-23(4)16-17-40-19-24-14-15-25(36)33(45-24)46-30-26(37)18-27(38-6)31(28(30)41)47-34-29(42)32(39-7)35(5,43)20-44-34/h10,12,16-17,24-34,38-39,41-43H,8-9,11,13-15,18-20,36-37H2,1-7H3/b22-12+,23-16+,40-17?. The summed E-state index contributed by atoms with van der Waals surface area (Å²) in [5, 5.41) is 39.1. The number of nitrogens with two attached hydrogens (primary N) is 2. The Morgan fingerprint density at radius 1 is 0.915 bits per heavy atom. The van der Waals surface area contributed by atoms with Gasteiger partial charge in [-0.25, -0.2) is 0 Å². The fraction of sp³-hybridized carbons (Fsp3) is 0.800. The third-order valence-corrected chi connectivity index (χ3v) is 9.51. The average Bonchev–Trinajstić information content (AvgIpc) is 3.01. The molecule has 0 radical (unpaired) electrons. The molecule has 12 unspecified atom stereocenters. The molecule has 3 rings (SSSR count). The Labute approximate surface area is 282 Å². The van der Waals surface area contributed by atoms with Crippen molar-refractivity contribution in [2.24, 2.45) is 16.5 Å². The van der Waals surface area contributed by atoms with Crippen molar-refractivity contribution in [3.05, 3.63) is 34.9 Å². The summed E-state index contributed by atoms with van der Waals surface area (Å²) in [6, 6.07) is -1.94. The summed E-state index contributed by atoms with van der Waals surface area (Å²) in [5.74, 6) is 0. The molecule has 3 fully saturated rings. The maximum absolute atomic E-state index is 11.5. The lowest BCUT2D eigenvalue weighted by atomic mass is 9.83. The van der Waals surface area contributed by atoms with Crippen molar-refractivity contribution in [1.29, 1.82) is 0 Å². The summed E-state index contributed by atoms with van der Waals surface area (Å²) in [5.41, 5.74) is 15.7. The summed E-state index contributed by atoms with van der Waals surface area (Å²) in [6.07, 6.45) is 8.55. The summed E-state index contributed by atoms with van der Waals surface area (Å²) in [6.45, 7) is 10.6. The van der Waals surface area contributed by atoms with Crippen LogP contribution < -0.4 is 22.1 Å². The molecule has 0 spiro atoms. The van der Waals surface area contributed by atoms with Crippen molar-refractivity contribution in [1.82, 2.24) is 10.6 Å². The molecule has 1 aliphatic carbocycles. The lowest BCUT2D eigenvalue weighted by Gasteiger charge is -2.49. The zero-order valence-corrected chi connectivity index (χ0v) is 29.6. The maximum atomic E-state index is 11.5. The van der Waals surface area contributed by atoms with Gasteiger partial charge in [0.2, 0.25) is 0 Å². The van der Waals surface area contributed by atoms with Crippen LogP contribution in [0, 0.1) is 0 Å². The molecule has 47 heavy (non-hydrogen) atoms. The Morgan fingerprint density at radius 3 is 2.28 bits per heavy atom. The van der Waals surface area contributed by atoms with E-state index in [2.05, 4.69) is 61.5 Å². The molecule has 0 bridgehead atoms. The highest BCUT2D eigenvalue weighted by atomic mass is 16.7. The van der Waals surface area contributed by atoms with E-state index in [0.29, 0.717) is 19.4 Å². The Kier molecular flexibility index (Phi) is 16.1. The van der Waals surface area contributed by atoms with Crippen molar-refractivity contribution in [3.8, 4) is 0 Å². The van der Waals surface area contributed by atoms with Crippen LogP contribution in [0.1, 0.15) is 79.6 Å². The minimum absolute atomic E-state index is 0.0507. The van der Waals surface area contributed by atoms with Crippen LogP contribution in [0.5, 0.6) is 0 Å². The molecule has 2 aliphatic heterocycles. The molecule has 0 aromatic rings. The van der Waals surface area contributed by atoms with E-state index in [0.717, 1.165) is 32.1 Å². The molecule has 9 N–H and O–H groups in total. The molecule has 12 atom stereocenters. The third kappa shape index (κ3) is 11.8. The highest BCUT2D eigenvalue weighted by Crippen LogP contribution is 2.32. The van der Waals surface area contributed by atoms with Crippen molar-refractivity contribution in [2.45, 2.75) is 152 Å². The molecule has 0 amide bonds. The van der Waals surface area contributed by atoms with Gasteiger partial charge in [-0.05, 0) is 99.7 Å². The number of aliphatic imine (C=N–C) groups is 1. The molecule has 270 valence electrons. The molecule has 12 heteroatoms. The van der Waals surface area contributed by atoms with E-state index in [1.54, 1.807) is 21.0 Å². The quantitative estimate of drug-likeness (QED) is 0.1000. The lowest BCUT2D eigenvalue weighted by Crippen LogP contribution is -2.69. The first-order chi connectivity index (χ1) is 22.3. The highest BCUT2D eigenvalue weighted by Gasteiger charge is 2.51. The van der Waals surface area contributed by atoms with Gasteiger partial charge in [0.1, 0.15) is 30.0 Å². The van der Waals surface area contributed by atoms with Gasteiger partial charge < -0.3 is 56.4 Å². The maximum Gasteiger partial charge on any atom is 0.185 e. The van der Waals surface area contributed by atoms with E-state index < -0.39 is 54.7 Å². The number of nitrogens with one attached hydrogen (secondary N) is 2. The molecule has 0 aromatic carbocycles. The molecule has 3 aliphatic rings. The van der Waals surface area contributed by atoms with E-state index in [1.807, 2.05) is 6.21 Å². The zero-order chi connectivity index (χ0) is 34.7. The minimum Gasteiger partial charge on any atom is -0.388 e. The van der Waals surface area contributed by atoms with Gasteiger partial charge in [-0.3, -0.25) is 4.99 Å². The fourth-order valence-electron chi connectivity index (χ4n) is 6.57. The summed E-state index contributed by atoms with van der Waals surface area (Å²) < 4.78 is 24.4. The smallest absolute Gasteiger partial charge is 0.185 e. The SMILES string of the molecule is CNC1CC(N)C(OC2OC(CN=C/C=C(\C)CC/C=C(\C)CCC=C(C)C)CCC2N)C(O)C1OC1OCC(C)(O)C(NC)C1O. The van der Waals surface area contributed by atoms with Crippen molar-refractivity contribution in [3.63, 3.8) is 0 Å². The Balaban J connectivity index is 1.54. The first kappa shape index (κ1) is 39.9. The fourth-order valence-corrected chi connectivity index (χ4v) is 6.57. The Hall–Kier alpha value is -1.55. The van der Waals surface area contributed by atoms with Crippen LogP contribution in [0.4, 0.5) is 0 Å². The van der Waals surface area contributed by atoms with Crippen LogP contribution in [0.15, 0.2) is 39.9 Å². The van der Waals surface area contributed by atoms with Crippen LogP contribution in [-0.2, 0) is 18.9 Å². The number of hydrogen-bond acceptors (Lipinski definition) is 12. The summed E-state index contributed by atoms with van der Waals surface area (Å²) in [4.78, 5) is 4.59. The van der Waals surface area contributed by atoms with Crippen LogP contribution >= 0.6 is 0 Å². The number of ether oxygens (including phenoxy) is 4. The molecule has 2 heterocycles. The average molecular weight is 666 g/mol. The van der Waals surface area contributed by atoms with E-state index >= 15 is 0 Å². The van der Waals surface area contributed by atoms with Crippen molar-refractivity contribution < 1.29 is 34.3 Å². The van der Waals surface area contributed by atoms with Gasteiger partial charge >= 0.3 is 0 Å². The van der Waals surface area contributed by atoms with Gasteiger partial charge in [-0.2, -0.15) is 0 Å². The number of aliphatic hydroxyl groups excluding tert-OH is 2. The lowest BCUT2D eigenvalue weighted by molar-refractivity contribution is -0.307. The predicted molar refractivity (Wildman–Crippen MR) is 185 cm³/mol. The number of allylic oxidation sites excluding steroid dienone is 6. The highest BCUT2D eigenvalue weighted by molar-refractivity contribution is 5.72. The molecule has 12 nitrogen and oxygen atoms in total. The number of rotatable bonds is 15. The molecular weight excluding hydrogens is 602 g/mol. The first-order valence-electron chi connectivity index (χ1n) is 17.2. The molecule has 0 aromatic heterocycles. The van der Waals surface area contributed by atoms with Crippen LogP contribution in [0.2, 0.25) is 0 Å². The van der Waals surface area contributed by atoms with Gasteiger partial charge in [-0.15, -0.1) is 0 Å². The van der Waals surface area contributed by atoms with Gasteiger partial charge in [0, 0.05) is 18.3 Å². The Morgan fingerprint density at radius 2 is 1.60 bits per heavy atom. The summed E-state index contributed by atoms with van der Waals surface area (Å²) in [7, 11) is 3.41. The second-order valence-electron chi connectivity index (χ2n) is 14.1. The third-order valence-electron chi connectivity index (χ3n) is 9.51. The van der Waals surface area contributed by atoms with Gasteiger partial charge in [0.05, 0.1) is 31.3 Å². The van der Waals surface area contributed by atoms with Gasteiger partial charge in [0.15, 0.2) is 12.6 Å². The number of nitrogens with zero attached hydrogens (tertiary/aromatic N) is 1. The van der Waals surface area contributed by atoms with Crippen LogP contribution in [0.25, 0.3) is 0 Å². The minimum atomic E-state index is -1.29. The van der Waals surface area contributed by atoms with E-state index in [4.69, 9.17) is 30.4 Å². The second-order valence-corrected chi connectivity index (χ2v) is 14.1. The van der Waals surface area contributed by atoms with Gasteiger partial charge in [0.25, 0.3) is 0 Å². The van der Waals surface area contributed by atoms with Crippen LogP contribution in [0.3, 0.4) is 0 Å². The number of likely N-dealkylation sites (N-methyl/N-ethyl adjacent to an activating group) is 2. The number of aliphatic hydroxyl groups is 3. The molecular formula is C35H63N5O7.